The number of nitrogens with zero attached hydrogens (tertiary/aromatic N) is 3. The van der Waals surface area contributed by atoms with Gasteiger partial charge in [-0.05, 0) is 31.5 Å². The Hall–Kier alpha value is -2.24. The van der Waals surface area contributed by atoms with Gasteiger partial charge >= 0.3 is 6.03 Å². The zero-order valence-electron chi connectivity index (χ0n) is 16.6. The molecule has 1 fully saturated rings. The molecule has 2 aliphatic rings. The van der Waals surface area contributed by atoms with Gasteiger partial charge in [0, 0.05) is 43.5 Å². The van der Waals surface area contributed by atoms with Crippen LogP contribution in [0.15, 0.2) is 48.5 Å². The molecule has 2 aromatic carbocycles. The highest BCUT2D eigenvalue weighted by molar-refractivity contribution is 5.96. The molecule has 5 nitrogen and oxygen atoms in total. The van der Waals surface area contributed by atoms with E-state index in [9.17, 15) is 4.79 Å². The Kier molecular flexibility index (Phi) is 6.47. The standard InChI is InChI=1S/C22H28N4O.ClH/c1-17(2)25-16-19-20(24-13-11-23-12-14-24)9-6-10-21(19)26(22(25)27)15-18-7-4-3-5-8-18;/h3-10,17,23H,11-16H2,1-2H3;1H. The number of halogens is 1. The molecule has 0 unspecified atom stereocenters. The van der Waals surface area contributed by atoms with E-state index < -0.39 is 0 Å². The lowest BCUT2D eigenvalue weighted by atomic mass is 10.0. The molecule has 0 bridgehead atoms. The first-order valence-electron chi connectivity index (χ1n) is 9.85. The number of hydrogen-bond acceptors (Lipinski definition) is 3. The molecule has 2 heterocycles. The second kappa shape index (κ2) is 8.84. The SMILES string of the molecule is CC(C)N1Cc2c(N3CCNCC3)cccc2N(Cc2ccccc2)C1=O.Cl. The first-order valence-corrected chi connectivity index (χ1v) is 9.85. The normalized spacial score (nSPS) is 16.8. The van der Waals surface area contributed by atoms with Crippen LogP contribution in [-0.2, 0) is 13.1 Å². The predicted octanol–water partition coefficient (Wildman–Crippen LogP) is 3.87. The molecule has 0 spiro atoms. The van der Waals surface area contributed by atoms with Crippen LogP contribution in [0.4, 0.5) is 16.2 Å². The van der Waals surface area contributed by atoms with E-state index in [-0.39, 0.29) is 24.5 Å². The zero-order valence-corrected chi connectivity index (χ0v) is 17.4. The summed E-state index contributed by atoms with van der Waals surface area (Å²) in [5.41, 5.74) is 4.74. The van der Waals surface area contributed by atoms with Gasteiger partial charge in [0.05, 0.1) is 18.8 Å². The van der Waals surface area contributed by atoms with Gasteiger partial charge in [-0.25, -0.2) is 4.79 Å². The number of piperazine rings is 1. The summed E-state index contributed by atoms with van der Waals surface area (Å²) < 4.78 is 0. The average molecular weight is 401 g/mol. The van der Waals surface area contributed by atoms with Crippen LogP contribution in [0.25, 0.3) is 0 Å². The summed E-state index contributed by atoms with van der Waals surface area (Å²) in [7, 11) is 0. The monoisotopic (exact) mass is 400 g/mol. The van der Waals surface area contributed by atoms with Crippen molar-refractivity contribution < 1.29 is 4.79 Å². The van der Waals surface area contributed by atoms with E-state index in [4.69, 9.17) is 0 Å². The number of amides is 2. The highest BCUT2D eigenvalue weighted by Crippen LogP contribution is 2.37. The van der Waals surface area contributed by atoms with Crippen LogP contribution >= 0.6 is 12.4 Å². The number of fused-ring (bicyclic) bond motifs is 1. The van der Waals surface area contributed by atoms with Crippen LogP contribution in [0.5, 0.6) is 0 Å². The molecule has 1 saturated heterocycles. The summed E-state index contributed by atoms with van der Waals surface area (Å²) in [6.45, 7) is 9.48. The number of urea groups is 1. The van der Waals surface area contributed by atoms with Crippen molar-refractivity contribution in [3.63, 3.8) is 0 Å². The first kappa shape index (κ1) is 20.5. The molecule has 2 aromatic rings. The van der Waals surface area contributed by atoms with Crippen molar-refractivity contribution in [2.75, 3.05) is 36.0 Å². The van der Waals surface area contributed by atoms with E-state index in [1.165, 1.54) is 11.3 Å². The van der Waals surface area contributed by atoms with Gasteiger partial charge in [-0.2, -0.15) is 0 Å². The quantitative estimate of drug-likeness (QED) is 0.846. The summed E-state index contributed by atoms with van der Waals surface area (Å²) in [6.07, 6.45) is 0. The van der Waals surface area contributed by atoms with Crippen molar-refractivity contribution >= 4 is 29.8 Å². The minimum absolute atomic E-state index is 0. The summed E-state index contributed by atoms with van der Waals surface area (Å²) in [5, 5.41) is 3.42. The molecule has 0 radical (unpaired) electrons. The second-order valence-electron chi connectivity index (χ2n) is 7.59. The summed E-state index contributed by atoms with van der Waals surface area (Å²) in [4.78, 5) is 19.6. The molecule has 2 amide bonds. The predicted molar refractivity (Wildman–Crippen MR) is 117 cm³/mol. The Morgan fingerprint density at radius 3 is 2.32 bits per heavy atom. The number of anilines is 2. The van der Waals surface area contributed by atoms with Crippen LogP contribution in [0.1, 0.15) is 25.0 Å². The average Bonchev–Trinajstić information content (AvgIpc) is 2.70. The van der Waals surface area contributed by atoms with Crippen molar-refractivity contribution in [2.24, 2.45) is 0 Å². The second-order valence-corrected chi connectivity index (χ2v) is 7.59. The third kappa shape index (κ3) is 3.96. The summed E-state index contributed by atoms with van der Waals surface area (Å²) in [5.74, 6) is 0. The lowest BCUT2D eigenvalue weighted by Crippen LogP contribution is -2.50. The van der Waals surface area contributed by atoms with Gasteiger partial charge in [0.15, 0.2) is 0 Å². The van der Waals surface area contributed by atoms with Crippen molar-refractivity contribution in [1.82, 2.24) is 10.2 Å². The number of rotatable bonds is 4. The van der Waals surface area contributed by atoms with Crippen molar-refractivity contribution in [2.45, 2.75) is 33.0 Å². The van der Waals surface area contributed by atoms with E-state index in [1.807, 2.05) is 28.0 Å². The maximum atomic E-state index is 13.2. The minimum Gasteiger partial charge on any atom is -0.369 e. The van der Waals surface area contributed by atoms with Crippen LogP contribution < -0.4 is 15.1 Å². The first-order chi connectivity index (χ1) is 13.1. The van der Waals surface area contributed by atoms with E-state index >= 15 is 0 Å². The fourth-order valence-electron chi connectivity index (χ4n) is 4.00. The molecule has 1 N–H and O–H groups in total. The topological polar surface area (TPSA) is 38.8 Å². The van der Waals surface area contributed by atoms with Crippen molar-refractivity contribution in [3.8, 4) is 0 Å². The molecule has 4 rings (SSSR count). The number of hydrogen-bond donors (Lipinski definition) is 1. The Morgan fingerprint density at radius 1 is 0.964 bits per heavy atom. The number of carbonyl (C=O) groups is 1. The van der Waals surface area contributed by atoms with Gasteiger partial charge in [-0.15, -0.1) is 12.4 Å². The third-order valence-electron chi connectivity index (χ3n) is 5.49. The minimum atomic E-state index is 0. The van der Waals surface area contributed by atoms with Crippen molar-refractivity contribution in [1.29, 1.82) is 0 Å². The molecule has 0 saturated carbocycles. The van der Waals surface area contributed by atoms with E-state index in [1.54, 1.807) is 0 Å². The fraction of sp³-hybridized carbons (Fsp3) is 0.409. The molecule has 150 valence electrons. The molecular weight excluding hydrogens is 372 g/mol. The molecule has 6 heteroatoms. The molecule has 0 aromatic heterocycles. The maximum absolute atomic E-state index is 13.2. The smallest absolute Gasteiger partial charge is 0.325 e. The van der Waals surface area contributed by atoms with Crippen molar-refractivity contribution in [3.05, 3.63) is 59.7 Å². The number of carbonyl (C=O) groups excluding carboxylic acids is 1. The molecule has 28 heavy (non-hydrogen) atoms. The number of nitrogens with one attached hydrogen (secondary N) is 1. The largest absolute Gasteiger partial charge is 0.369 e. The Bertz CT molecular complexity index is 805. The Balaban J connectivity index is 0.00000225. The van der Waals surface area contributed by atoms with Gasteiger partial charge in [0.25, 0.3) is 0 Å². The molecular formula is C22H29ClN4O. The number of benzene rings is 2. The lowest BCUT2D eigenvalue weighted by molar-refractivity contribution is 0.182. The fourth-order valence-corrected chi connectivity index (χ4v) is 4.00. The van der Waals surface area contributed by atoms with Crippen LogP contribution in [0, 0.1) is 0 Å². The van der Waals surface area contributed by atoms with Gasteiger partial charge in [-0.1, -0.05) is 36.4 Å². The Morgan fingerprint density at radius 2 is 1.64 bits per heavy atom. The van der Waals surface area contributed by atoms with Crippen LogP contribution in [0.3, 0.4) is 0 Å². The molecule has 0 aliphatic carbocycles. The summed E-state index contributed by atoms with van der Waals surface area (Å²) >= 11 is 0. The van der Waals surface area contributed by atoms with Gasteiger partial charge in [-0.3, -0.25) is 4.90 Å². The van der Waals surface area contributed by atoms with Gasteiger partial charge in [0.1, 0.15) is 0 Å². The lowest BCUT2D eigenvalue weighted by Gasteiger charge is -2.42. The third-order valence-corrected chi connectivity index (χ3v) is 5.49. The highest BCUT2D eigenvalue weighted by Gasteiger charge is 2.34. The molecule has 2 aliphatic heterocycles. The highest BCUT2D eigenvalue weighted by atomic mass is 35.5. The van der Waals surface area contributed by atoms with E-state index in [2.05, 4.69) is 54.4 Å². The van der Waals surface area contributed by atoms with Crippen LogP contribution in [-0.4, -0.2) is 43.2 Å². The molecule has 0 atom stereocenters. The van der Waals surface area contributed by atoms with Gasteiger partial charge in [0.2, 0.25) is 0 Å². The van der Waals surface area contributed by atoms with Crippen LogP contribution in [0.2, 0.25) is 0 Å². The zero-order chi connectivity index (χ0) is 18.8. The summed E-state index contributed by atoms with van der Waals surface area (Å²) in [6, 6.07) is 16.9. The Labute approximate surface area is 173 Å². The van der Waals surface area contributed by atoms with Gasteiger partial charge < -0.3 is 15.1 Å². The maximum Gasteiger partial charge on any atom is 0.325 e. The van der Waals surface area contributed by atoms with E-state index in [0.717, 1.165) is 37.4 Å². The van der Waals surface area contributed by atoms with E-state index in [0.29, 0.717) is 13.1 Å².